The van der Waals surface area contributed by atoms with Crippen LogP contribution >= 0.6 is 28.1 Å². The Bertz CT molecular complexity index is 720. The molecule has 0 aliphatic rings. The van der Waals surface area contributed by atoms with E-state index >= 15 is 0 Å². The monoisotopic (exact) mass is 438 g/mol. The van der Waals surface area contributed by atoms with Crippen molar-refractivity contribution in [3.05, 3.63) is 52.4 Å². The number of furan rings is 1. The van der Waals surface area contributed by atoms with E-state index in [2.05, 4.69) is 33.5 Å². The average Bonchev–Trinajstić information content (AvgIpc) is 3.14. The maximum atomic E-state index is 12.6. The molecule has 0 spiro atoms. The molecule has 2 N–H and O–H groups in total. The van der Waals surface area contributed by atoms with E-state index in [-0.39, 0.29) is 11.0 Å². The molecular formula is C19H23BrN2O3S. The highest BCUT2D eigenvalue weighted by Crippen LogP contribution is 2.23. The number of carbonyl (C=O) groups is 1. The Morgan fingerprint density at radius 3 is 2.85 bits per heavy atom. The summed E-state index contributed by atoms with van der Waals surface area (Å²) in [7, 11) is 0. The smallest absolute Gasteiger partial charge is 0.261 e. The van der Waals surface area contributed by atoms with E-state index in [4.69, 9.17) is 21.4 Å². The second-order valence-electron chi connectivity index (χ2n) is 5.77. The number of benzene rings is 1. The highest BCUT2D eigenvalue weighted by atomic mass is 79.9. The van der Waals surface area contributed by atoms with Gasteiger partial charge in [-0.05, 0) is 49.0 Å². The molecule has 0 atom stereocenters. The lowest BCUT2D eigenvalue weighted by atomic mass is 10.2. The van der Waals surface area contributed by atoms with Crippen LogP contribution in [-0.2, 0) is 6.54 Å². The summed E-state index contributed by atoms with van der Waals surface area (Å²) in [4.78, 5) is 12.6. The molecule has 1 aromatic heterocycles. The van der Waals surface area contributed by atoms with Crippen LogP contribution in [0.1, 0.15) is 48.7 Å². The fourth-order valence-corrected chi connectivity index (χ4v) is 2.84. The Labute approximate surface area is 167 Å². The summed E-state index contributed by atoms with van der Waals surface area (Å²) in [6.07, 6.45) is 6.04. The number of unbranched alkanes of at least 4 members (excludes halogenated alkanes) is 3. The number of carbonyl (C=O) groups excluding carboxylic acids is 1. The van der Waals surface area contributed by atoms with Crippen molar-refractivity contribution in [2.45, 2.75) is 39.2 Å². The Kier molecular flexibility index (Phi) is 8.64. The Balaban J connectivity index is 1.91. The van der Waals surface area contributed by atoms with Gasteiger partial charge in [0.05, 0.1) is 25.0 Å². The molecule has 0 unspecified atom stereocenters. The number of halogens is 1. The molecule has 2 rings (SSSR count). The number of ether oxygens (including phenoxy) is 1. The minimum Gasteiger partial charge on any atom is -0.493 e. The molecule has 1 heterocycles. The Morgan fingerprint density at radius 2 is 2.12 bits per heavy atom. The van der Waals surface area contributed by atoms with Crippen LogP contribution in [0.3, 0.4) is 0 Å². The van der Waals surface area contributed by atoms with Gasteiger partial charge in [-0.3, -0.25) is 10.1 Å². The van der Waals surface area contributed by atoms with Crippen LogP contribution in [0.4, 0.5) is 0 Å². The van der Waals surface area contributed by atoms with E-state index in [1.54, 1.807) is 24.5 Å². The first-order valence-corrected chi connectivity index (χ1v) is 9.84. The van der Waals surface area contributed by atoms with Crippen molar-refractivity contribution in [1.82, 2.24) is 10.6 Å². The SMILES string of the molecule is CCCCCCOc1ccc(Br)cc1C(=O)NC(=S)NCc1ccco1. The molecule has 0 aliphatic carbocycles. The van der Waals surface area contributed by atoms with Crippen molar-refractivity contribution < 1.29 is 13.9 Å². The van der Waals surface area contributed by atoms with Crippen LogP contribution in [0.15, 0.2) is 45.5 Å². The molecule has 0 radical (unpaired) electrons. The standard InChI is InChI=1S/C19H23BrN2O3S/c1-2-3-4-5-10-25-17-9-8-14(20)12-16(17)18(23)22-19(26)21-13-15-7-6-11-24-15/h6-9,11-12H,2-5,10,13H2,1H3,(H2,21,22,23,26). The minimum absolute atomic E-state index is 0.236. The average molecular weight is 439 g/mol. The number of thiocarbonyl (C=S) groups is 1. The first-order chi connectivity index (χ1) is 12.6. The molecule has 0 fully saturated rings. The fraction of sp³-hybridized carbons (Fsp3) is 0.368. The summed E-state index contributed by atoms with van der Waals surface area (Å²) in [6.45, 7) is 3.16. The summed E-state index contributed by atoms with van der Waals surface area (Å²) in [6, 6.07) is 9.00. The van der Waals surface area contributed by atoms with Crippen molar-refractivity contribution in [2.24, 2.45) is 0 Å². The number of nitrogens with one attached hydrogen (secondary N) is 2. The van der Waals surface area contributed by atoms with Gasteiger partial charge in [-0.1, -0.05) is 42.1 Å². The minimum atomic E-state index is -0.313. The van der Waals surface area contributed by atoms with Gasteiger partial charge in [-0.25, -0.2) is 0 Å². The molecule has 2 aromatic rings. The van der Waals surface area contributed by atoms with Crippen LogP contribution in [0.5, 0.6) is 5.75 Å². The zero-order chi connectivity index (χ0) is 18.8. The zero-order valence-corrected chi connectivity index (χ0v) is 17.1. The molecule has 0 aliphatic heterocycles. The summed E-state index contributed by atoms with van der Waals surface area (Å²) >= 11 is 8.57. The van der Waals surface area contributed by atoms with E-state index in [0.29, 0.717) is 24.5 Å². The molecule has 0 bridgehead atoms. The second kappa shape index (κ2) is 11.0. The fourth-order valence-electron chi connectivity index (χ4n) is 2.31. The summed E-state index contributed by atoms with van der Waals surface area (Å²) < 4.78 is 11.8. The van der Waals surface area contributed by atoms with Crippen molar-refractivity contribution in [3.8, 4) is 5.75 Å². The number of rotatable bonds is 9. The summed E-state index contributed by atoms with van der Waals surface area (Å²) in [5.74, 6) is 0.975. The number of hydrogen-bond donors (Lipinski definition) is 2. The van der Waals surface area contributed by atoms with E-state index in [1.807, 2.05) is 12.1 Å². The number of hydrogen-bond acceptors (Lipinski definition) is 4. The van der Waals surface area contributed by atoms with Gasteiger partial charge in [0.15, 0.2) is 5.11 Å². The molecule has 7 heteroatoms. The Morgan fingerprint density at radius 1 is 1.27 bits per heavy atom. The molecular weight excluding hydrogens is 416 g/mol. The maximum absolute atomic E-state index is 12.6. The molecule has 1 amide bonds. The van der Waals surface area contributed by atoms with Gasteiger partial charge in [-0.2, -0.15) is 0 Å². The largest absolute Gasteiger partial charge is 0.493 e. The molecule has 5 nitrogen and oxygen atoms in total. The summed E-state index contributed by atoms with van der Waals surface area (Å²) in [5, 5.41) is 5.85. The highest BCUT2D eigenvalue weighted by Gasteiger charge is 2.15. The first kappa shape index (κ1) is 20.5. The third-order valence-corrected chi connectivity index (χ3v) is 4.41. The van der Waals surface area contributed by atoms with Gasteiger partial charge >= 0.3 is 0 Å². The molecule has 1 aromatic carbocycles. The van der Waals surface area contributed by atoms with Gasteiger partial charge in [-0.15, -0.1) is 0 Å². The lowest BCUT2D eigenvalue weighted by Gasteiger charge is -2.13. The quantitative estimate of drug-likeness (QED) is 0.434. The van der Waals surface area contributed by atoms with E-state index < -0.39 is 0 Å². The van der Waals surface area contributed by atoms with Crippen LogP contribution in [0.2, 0.25) is 0 Å². The predicted molar refractivity (Wildman–Crippen MR) is 109 cm³/mol. The van der Waals surface area contributed by atoms with Crippen LogP contribution < -0.4 is 15.4 Å². The normalized spacial score (nSPS) is 10.4. The third-order valence-electron chi connectivity index (χ3n) is 3.67. The maximum Gasteiger partial charge on any atom is 0.261 e. The van der Waals surface area contributed by atoms with Gasteiger partial charge in [0, 0.05) is 4.47 Å². The summed E-state index contributed by atoms with van der Waals surface area (Å²) in [5.41, 5.74) is 0.442. The Hall–Kier alpha value is -1.86. The molecule has 26 heavy (non-hydrogen) atoms. The lowest BCUT2D eigenvalue weighted by molar-refractivity contribution is 0.0972. The third kappa shape index (κ3) is 6.80. The van der Waals surface area contributed by atoms with Crippen molar-refractivity contribution in [3.63, 3.8) is 0 Å². The first-order valence-electron chi connectivity index (χ1n) is 8.64. The molecule has 0 saturated heterocycles. The van der Waals surface area contributed by atoms with Gasteiger partial charge < -0.3 is 14.5 Å². The lowest BCUT2D eigenvalue weighted by Crippen LogP contribution is -2.39. The zero-order valence-electron chi connectivity index (χ0n) is 14.7. The van der Waals surface area contributed by atoms with Gasteiger partial charge in [0.1, 0.15) is 11.5 Å². The van der Waals surface area contributed by atoms with Crippen molar-refractivity contribution in [1.29, 1.82) is 0 Å². The topological polar surface area (TPSA) is 63.5 Å². The molecule has 0 saturated carbocycles. The van der Waals surface area contributed by atoms with E-state index in [9.17, 15) is 4.79 Å². The number of amides is 1. The van der Waals surface area contributed by atoms with Crippen molar-refractivity contribution in [2.75, 3.05) is 6.61 Å². The van der Waals surface area contributed by atoms with Crippen LogP contribution in [0, 0.1) is 0 Å². The van der Waals surface area contributed by atoms with Crippen LogP contribution in [0.25, 0.3) is 0 Å². The van der Waals surface area contributed by atoms with Gasteiger partial charge in [0.25, 0.3) is 5.91 Å². The van der Waals surface area contributed by atoms with Crippen molar-refractivity contribution >= 4 is 39.2 Å². The van der Waals surface area contributed by atoms with Crippen LogP contribution in [-0.4, -0.2) is 17.6 Å². The van der Waals surface area contributed by atoms with Gasteiger partial charge in [0.2, 0.25) is 0 Å². The van der Waals surface area contributed by atoms with E-state index in [0.717, 1.165) is 23.1 Å². The van der Waals surface area contributed by atoms with E-state index in [1.165, 1.54) is 12.8 Å². The second-order valence-corrected chi connectivity index (χ2v) is 7.09. The molecule has 140 valence electrons. The predicted octanol–water partition coefficient (Wildman–Crippen LogP) is 4.81. The highest BCUT2D eigenvalue weighted by molar-refractivity contribution is 9.10.